The van der Waals surface area contributed by atoms with Gasteiger partial charge in [0.2, 0.25) is 0 Å². The zero-order valence-corrected chi connectivity index (χ0v) is 10.8. The molecule has 18 heavy (non-hydrogen) atoms. The summed E-state index contributed by atoms with van der Waals surface area (Å²) in [6.07, 6.45) is 5.22. The first-order valence-corrected chi connectivity index (χ1v) is 5.64. The lowest BCUT2D eigenvalue weighted by Crippen LogP contribution is -2.29. The number of methoxy groups -OCH3 is 1. The standard InChI is InChI=1S/C13H14ClNO3/c1-3-6-15(9-13(16)17)8-10-7-11(14)4-5-12(10)18-2/h1,4-5,7H,6,8-9H2,2H3,(H,16,17). The first-order chi connectivity index (χ1) is 8.56. The number of terminal acetylenes is 1. The number of hydrogen-bond donors (Lipinski definition) is 1. The van der Waals surface area contributed by atoms with Crippen LogP contribution in [0, 0.1) is 12.3 Å². The van der Waals surface area contributed by atoms with Crippen LogP contribution in [0.5, 0.6) is 5.75 Å². The highest BCUT2D eigenvalue weighted by Crippen LogP contribution is 2.23. The van der Waals surface area contributed by atoms with Gasteiger partial charge in [-0.2, -0.15) is 0 Å². The topological polar surface area (TPSA) is 49.8 Å². The van der Waals surface area contributed by atoms with Crippen LogP contribution in [0.3, 0.4) is 0 Å². The highest BCUT2D eigenvalue weighted by molar-refractivity contribution is 6.30. The maximum atomic E-state index is 10.7. The van der Waals surface area contributed by atoms with Crippen LogP contribution < -0.4 is 4.74 Å². The zero-order valence-electron chi connectivity index (χ0n) is 10.0. The minimum absolute atomic E-state index is 0.125. The Hall–Kier alpha value is -1.70. The summed E-state index contributed by atoms with van der Waals surface area (Å²) < 4.78 is 5.20. The van der Waals surface area contributed by atoms with Crippen LogP contribution in [-0.4, -0.2) is 36.2 Å². The van der Waals surface area contributed by atoms with Gasteiger partial charge in [-0.3, -0.25) is 9.69 Å². The van der Waals surface area contributed by atoms with Crippen LogP contribution in [0.2, 0.25) is 5.02 Å². The molecule has 0 amide bonds. The van der Waals surface area contributed by atoms with Gasteiger partial charge in [0.05, 0.1) is 20.2 Å². The smallest absolute Gasteiger partial charge is 0.317 e. The fourth-order valence-corrected chi connectivity index (χ4v) is 1.79. The molecule has 0 unspecified atom stereocenters. The van der Waals surface area contributed by atoms with Gasteiger partial charge in [0.15, 0.2) is 0 Å². The van der Waals surface area contributed by atoms with Crippen molar-refractivity contribution in [1.29, 1.82) is 0 Å². The molecule has 1 aromatic carbocycles. The zero-order chi connectivity index (χ0) is 13.5. The number of aliphatic carboxylic acids is 1. The molecular weight excluding hydrogens is 254 g/mol. The molecule has 96 valence electrons. The van der Waals surface area contributed by atoms with E-state index in [9.17, 15) is 4.79 Å². The van der Waals surface area contributed by atoms with Crippen LogP contribution in [0.1, 0.15) is 5.56 Å². The highest BCUT2D eigenvalue weighted by atomic mass is 35.5. The van der Waals surface area contributed by atoms with Gasteiger partial charge in [0.1, 0.15) is 5.75 Å². The summed E-state index contributed by atoms with van der Waals surface area (Å²) in [7, 11) is 1.55. The van der Waals surface area contributed by atoms with Gasteiger partial charge < -0.3 is 9.84 Å². The molecule has 0 atom stereocenters. The predicted octanol–water partition coefficient (Wildman–Crippen LogP) is 1.87. The molecule has 0 radical (unpaired) electrons. The summed E-state index contributed by atoms with van der Waals surface area (Å²) in [4.78, 5) is 12.4. The first kappa shape index (κ1) is 14.4. The van der Waals surface area contributed by atoms with Gasteiger partial charge in [-0.15, -0.1) is 6.42 Å². The predicted molar refractivity (Wildman–Crippen MR) is 69.7 cm³/mol. The lowest BCUT2D eigenvalue weighted by atomic mass is 10.2. The van der Waals surface area contributed by atoms with E-state index >= 15 is 0 Å². The lowest BCUT2D eigenvalue weighted by Gasteiger charge is -2.19. The molecule has 0 heterocycles. The highest BCUT2D eigenvalue weighted by Gasteiger charge is 2.12. The van der Waals surface area contributed by atoms with Crippen molar-refractivity contribution in [1.82, 2.24) is 4.90 Å². The van der Waals surface area contributed by atoms with Gasteiger partial charge in [0, 0.05) is 17.1 Å². The summed E-state index contributed by atoms with van der Waals surface area (Å²) in [6.45, 7) is 0.502. The van der Waals surface area contributed by atoms with Gasteiger partial charge in [-0.1, -0.05) is 17.5 Å². The van der Waals surface area contributed by atoms with Crippen LogP contribution in [0.4, 0.5) is 0 Å². The Morgan fingerprint density at radius 2 is 2.33 bits per heavy atom. The number of rotatable bonds is 6. The maximum absolute atomic E-state index is 10.7. The van der Waals surface area contributed by atoms with Crippen molar-refractivity contribution in [2.24, 2.45) is 0 Å². The van der Waals surface area contributed by atoms with Crippen LogP contribution >= 0.6 is 11.6 Å². The molecule has 0 saturated heterocycles. The Bertz CT molecular complexity index is 468. The number of halogens is 1. The third-order valence-electron chi connectivity index (χ3n) is 2.31. The SMILES string of the molecule is C#CCN(CC(=O)O)Cc1cc(Cl)ccc1OC. The second-order valence-electron chi connectivity index (χ2n) is 3.70. The summed E-state index contributed by atoms with van der Waals surface area (Å²) >= 11 is 5.91. The van der Waals surface area contributed by atoms with E-state index in [1.54, 1.807) is 30.2 Å². The third-order valence-corrected chi connectivity index (χ3v) is 2.55. The van der Waals surface area contributed by atoms with Crippen molar-refractivity contribution in [3.8, 4) is 18.1 Å². The average molecular weight is 268 g/mol. The minimum atomic E-state index is -0.925. The van der Waals surface area contributed by atoms with E-state index in [1.165, 1.54) is 0 Å². The minimum Gasteiger partial charge on any atom is -0.496 e. The maximum Gasteiger partial charge on any atom is 0.317 e. The van der Waals surface area contributed by atoms with Crippen molar-refractivity contribution in [2.75, 3.05) is 20.2 Å². The van der Waals surface area contributed by atoms with E-state index in [-0.39, 0.29) is 13.1 Å². The molecule has 0 aliphatic heterocycles. The largest absolute Gasteiger partial charge is 0.496 e. The molecule has 1 aromatic rings. The molecule has 0 fully saturated rings. The van der Waals surface area contributed by atoms with Crippen molar-refractivity contribution in [3.63, 3.8) is 0 Å². The van der Waals surface area contributed by atoms with E-state index in [0.717, 1.165) is 5.56 Å². The molecule has 5 heteroatoms. The summed E-state index contributed by atoms with van der Waals surface area (Å²) in [6, 6.07) is 5.20. The molecule has 4 nitrogen and oxygen atoms in total. The molecule has 0 aliphatic rings. The molecule has 0 aliphatic carbocycles. The summed E-state index contributed by atoms with van der Waals surface area (Å²) in [5, 5.41) is 9.37. The van der Waals surface area contributed by atoms with E-state index < -0.39 is 5.97 Å². The number of ether oxygens (including phenoxy) is 1. The lowest BCUT2D eigenvalue weighted by molar-refractivity contribution is -0.138. The van der Waals surface area contributed by atoms with Gasteiger partial charge in [-0.05, 0) is 18.2 Å². The van der Waals surface area contributed by atoms with Gasteiger partial charge in [-0.25, -0.2) is 0 Å². The fraction of sp³-hybridized carbons (Fsp3) is 0.308. The van der Waals surface area contributed by atoms with Crippen molar-refractivity contribution < 1.29 is 14.6 Å². The Morgan fingerprint density at radius 3 is 2.89 bits per heavy atom. The van der Waals surface area contributed by atoms with E-state index in [4.69, 9.17) is 27.9 Å². The number of carboxylic acids is 1. The summed E-state index contributed by atoms with van der Waals surface area (Å²) in [5.41, 5.74) is 0.807. The molecule has 1 rings (SSSR count). The Morgan fingerprint density at radius 1 is 1.61 bits per heavy atom. The molecule has 0 spiro atoms. The molecular formula is C13H14ClNO3. The number of carboxylic acid groups (broad SMARTS) is 1. The van der Waals surface area contributed by atoms with E-state index in [1.807, 2.05) is 0 Å². The van der Waals surface area contributed by atoms with Gasteiger partial charge >= 0.3 is 5.97 Å². The second-order valence-corrected chi connectivity index (χ2v) is 4.14. The first-order valence-electron chi connectivity index (χ1n) is 5.27. The van der Waals surface area contributed by atoms with Crippen molar-refractivity contribution in [2.45, 2.75) is 6.54 Å². The Labute approximate surface area is 111 Å². The number of hydrogen-bond acceptors (Lipinski definition) is 3. The van der Waals surface area contributed by atoms with E-state index in [2.05, 4.69) is 5.92 Å². The van der Waals surface area contributed by atoms with Crippen LogP contribution in [-0.2, 0) is 11.3 Å². The number of benzene rings is 1. The Balaban J connectivity index is 2.88. The number of carbonyl (C=O) groups is 1. The summed E-state index contributed by atoms with van der Waals surface area (Å²) in [5.74, 6) is 2.17. The molecule has 0 saturated carbocycles. The fourth-order valence-electron chi connectivity index (χ4n) is 1.60. The van der Waals surface area contributed by atoms with Gasteiger partial charge in [0.25, 0.3) is 0 Å². The average Bonchev–Trinajstić information content (AvgIpc) is 2.28. The van der Waals surface area contributed by atoms with Crippen LogP contribution in [0.25, 0.3) is 0 Å². The third kappa shape index (κ3) is 4.28. The molecule has 1 N–H and O–H groups in total. The quantitative estimate of drug-likeness (QED) is 0.800. The molecule has 0 bridgehead atoms. The van der Waals surface area contributed by atoms with Crippen molar-refractivity contribution in [3.05, 3.63) is 28.8 Å². The van der Waals surface area contributed by atoms with E-state index in [0.29, 0.717) is 17.3 Å². The normalized spacial score (nSPS) is 10.1. The van der Waals surface area contributed by atoms with Crippen LogP contribution in [0.15, 0.2) is 18.2 Å². The number of nitrogens with zero attached hydrogens (tertiary/aromatic N) is 1. The molecule has 0 aromatic heterocycles. The van der Waals surface area contributed by atoms with Crippen molar-refractivity contribution >= 4 is 17.6 Å². The monoisotopic (exact) mass is 267 g/mol. The second kappa shape index (κ2) is 6.90. The Kier molecular flexibility index (Phi) is 5.50.